The molecule has 26 heavy (non-hydrogen) atoms. The second-order valence-electron chi connectivity index (χ2n) is 7.91. The van der Waals surface area contributed by atoms with Gasteiger partial charge in [-0.25, -0.2) is 4.98 Å². The van der Waals surface area contributed by atoms with E-state index in [1.807, 2.05) is 24.0 Å². The van der Waals surface area contributed by atoms with E-state index < -0.39 is 0 Å². The summed E-state index contributed by atoms with van der Waals surface area (Å²) in [7, 11) is 0. The third kappa shape index (κ3) is 3.84. The molecule has 0 saturated carbocycles. The van der Waals surface area contributed by atoms with Gasteiger partial charge in [0.05, 0.1) is 5.56 Å². The molecule has 3 rings (SSSR count). The van der Waals surface area contributed by atoms with Crippen LogP contribution in [0.5, 0.6) is 0 Å². The van der Waals surface area contributed by atoms with Crippen molar-refractivity contribution < 1.29 is 9.59 Å². The maximum atomic E-state index is 12.2. The van der Waals surface area contributed by atoms with Crippen molar-refractivity contribution in [1.82, 2.24) is 15.2 Å². The van der Waals surface area contributed by atoms with Gasteiger partial charge in [0, 0.05) is 50.3 Å². The standard InChI is InChI=1S/C20H30N4O2/c1-4-21-19(26)16-6-7-17(22-12-16)23-11-5-9-20(13-23)10-8-18(25)24(14-20)15(2)3/h6-7,12,15H,4-5,8-11,13-14H2,1-3H3,(H,21,26). The van der Waals surface area contributed by atoms with Crippen LogP contribution in [0.3, 0.4) is 0 Å². The van der Waals surface area contributed by atoms with Crippen LogP contribution in [0.2, 0.25) is 0 Å². The summed E-state index contributed by atoms with van der Waals surface area (Å²) in [5, 5.41) is 2.80. The first kappa shape index (κ1) is 18.7. The topological polar surface area (TPSA) is 65.5 Å². The van der Waals surface area contributed by atoms with Crippen LogP contribution in [0.15, 0.2) is 18.3 Å². The summed E-state index contributed by atoms with van der Waals surface area (Å²) in [4.78, 5) is 33.0. The summed E-state index contributed by atoms with van der Waals surface area (Å²) in [5.41, 5.74) is 0.757. The van der Waals surface area contributed by atoms with Crippen LogP contribution in [0, 0.1) is 5.41 Å². The fourth-order valence-corrected chi connectivity index (χ4v) is 4.22. The van der Waals surface area contributed by atoms with Crippen LogP contribution in [0.4, 0.5) is 5.82 Å². The number of amides is 2. The second-order valence-corrected chi connectivity index (χ2v) is 7.91. The minimum absolute atomic E-state index is 0.0833. The van der Waals surface area contributed by atoms with Gasteiger partial charge in [0.1, 0.15) is 5.82 Å². The monoisotopic (exact) mass is 358 g/mol. The van der Waals surface area contributed by atoms with E-state index in [1.165, 1.54) is 0 Å². The Labute approximate surface area is 156 Å². The van der Waals surface area contributed by atoms with Gasteiger partial charge < -0.3 is 15.1 Å². The normalized spacial score (nSPS) is 23.6. The number of likely N-dealkylation sites (tertiary alicyclic amines) is 1. The van der Waals surface area contributed by atoms with Gasteiger partial charge in [-0.3, -0.25) is 9.59 Å². The number of carbonyl (C=O) groups is 2. The third-order valence-electron chi connectivity index (χ3n) is 5.65. The van der Waals surface area contributed by atoms with Crippen LogP contribution in [0.25, 0.3) is 0 Å². The van der Waals surface area contributed by atoms with Crippen molar-refractivity contribution in [2.75, 3.05) is 31.1 Å². The van der Waals surface area contributed by atoms with Gasteiger partial charge in [-0.15, -0.1) is 0 Å². The van der Waals surface area contributed by atoms with Gasteiger partial charge in [0.25, 0.3) is 5.91 Å². The lowest BCUT2D eigenvalue weighted by molar-refractivity contribution is -0.140. The first-order valence-electron chi connectivity index (χ1n) is 9.73. The molecule has 1 atom stereocenters. The summed E-state index contributed by atoms with van der Waals surface area (Å²) in [6.45, 7) is 9.46. The van der Waals surface area contributed by atoms with Crippen LogP contribution in [0.1, 0.15) is 56.8 Å². The predicted molar refractivity (Wildman–Crippen MR) is 102 cm³/mol. The van der Waals surface area contributed by atoms with E-state index in [2.05, 4.69) is 29.0 Å². The maximum absolute atomic E-state index is 12.2. The minimum Gasteiger partial charge on any atom is -0.356 e. The molecule has 1 unspecified atom stereocenters. The van der Waals surface area contributed by atoms with E-state index >= 15 is 0 Å². The Kier molecular flexibility index (Phi) is 5.49. The Hall–Kier alpha value is -2.11. The number of nitrogens with one attached hydrogen (secondary N) is 1. The lowest BCUT2D eigenvalue weighted by atomic mass is 9.73. The smallest absolute Gasteiger partial charge is 0.252 e. The molecule has 0 radical (unpaired) electrons. The number of rotatable bonds is 4. The molecule has 1 aromatic rings. The van der Waals surface area contributed by atoms with Gasteiger partial charge in [-0.1, -0.05) is 0 Å². The first-order valence-corrected chi connectivity index (χ1v) is 9.73. The Balaban J connectivity index is 1.72. The number of carbonyl (C=O) groups excluding carboxylic acids is 2. The fourth-order valence-electron chi connectivity index (χ4n) is 4.22. The molecular weight excluding hydrogens is 328 g/mol. The zero-order valence-electron chi connectivity index (χ0n) is 16.1. The largest absolute Gasteiger partial charge is 0.356 e. The van der Waals surface area contributed by atoms with Crippen molar-refractivity contribution in [2.24, 2.45) is 5.41 Å². The Morgan fingerprint density at radius 2 is 2.12 bits per heavy atom. The lowest BCUT2D eigenvalue weighted by Crippen LogP contribution is -2.55. The zero-order valence-corrected chi connectivity index (χ0v) is 16.1. The number of pyridine rings is 1. The molecule has 2 fully saturated rings. The summed E-state index contributed by atoms with van der Waals surface area (Å²) >= 11 is 0. The Bertz CT molecular complexity index is 658. The van der Waals surface area contributed by atoms with E-state index in [0.29, 0.717) is 18.5 Å². The Morgan fingerprint density at radius 1 is 1.31 bits per heavy atom. The lowest BCUT2D eigenvalue weighted by Gasteiger charge is -2.49. The van der Waals surface area contributed by atoms with E-state index in [9.17, 15) is 9.59 Å². The van der Waals surface area contributed by atoms with Crippen molar-refractivity contribution >= 4 is 17.6 Å². The molecule has 2 saturated heterocycles. The van der Waals surface area contributed by atoms with Crippen LogP contribution in [-0.4, -0.2) is 53.9 Å². The number of nitrogens with zero attached hydrogens (tertiary/aromatic N) is 3. The summed E-state index contributed by atoms with van der Waals surface area (Å²) < 4.78 is 0. The van der Waals surface area contributed by atoms with Crippen LogP contribution in [-0.2, 0) is 4.79 Å². The van der Waals surface area contributed by atoms with Gasteiger partial charge >= 0.3 is 0 Å². The zero-order chi connectivity index (χ0) is 18.7. The number of aromatic nitrogens is 1. The molecule has 1 aromatic heterocycles. The van der Waals surface area contributed by atoms with Gasteiger partial charge in [-0.05, 0) is 52.2 Å². The molecule has 1 spiro atoms. The molecule has 1 N–H and O–H groups in total. The summed E-state index contributed by atoms with van der Waals surface area (Å²) in [6.07, 6.45) is 5.54. The highest BCUT2D eigenvalue weighted by Gasteiger charge is 2.42. The van der Waals surface area contributed by atoms with Gasteiger partial charge in [0.2, 0.25) is 5.91 Å². The Morgan fingerprint density at radius 3 is 2.77 bits per heavy atom. The number of hydrogen-bond donors (Lipinski definition) is 1. The van der Waals surface area contributed by atoms with Crippen LogP contribution >= 0.6 is 0 Å². The molecule has 6 nitrogen and oxygen atoms in total. The molecular formula is C20H30N4O2. The second kappa shape index (κ2) is 7.64. The summed E-state index contributed by atoms with van der Waals surface area (Å²) in [6, 6.07) is 4.04. The molecule has 0 aromatic carbocycles. The van der Waals surface area contributed by atoms with Gasteiger partial charge in [0.15, 0.2) is 0 Å². The summed E-state index contributed by atoms with van der Waals surface area (Å²) in [5.74, 6) is 1.12. The van der Waals surface area contributed by atoms with Crippen LogP contribution < -0.4 is 10.2 Å². The molecule has 3 heterocycles. The van der Waals surface area contributed by atoms with E-state index in [1.54, 1.807) is 6.20 Å². The number of hydrogen-bond acceptors (Lipinski definition) is 4. The highest BCUT2D eigenvalue weighted by molar-refractivity contribution is 5.94. The molecule has 0 bridgehead atoms. The molecule has 6 heteroatoms. The minimum atomic E-state index is -0.0833. The highest BCUT2D eigenvalue weighted by Crippen LogP contribution is 2.40. The van der Waals surface area contributed by atoms with Crippen molar-refractivity contribution in [2.45, 2.75) is 52.5 Å². The molecule has 2 aliphatic rings. The van der Waals surface area contributed by atoms with E-state index in [-0.39, 0.29) is 23.3 Å². The fraction of sp³-hybridized carbons (Fsp3) is 0.650. The average molecular weight is 358 g/mol. The first-order chi connectivity index (χ1) is 12.4. The molecule has 2 aliphatic heterocycles. The van der Waals surface area contributed by atoms with E-state index in [0.717, 1.165) is 44.7 Å². The van der Waals surface area contributed by atoms with Crippen molar-refractivity contribution in [3.05, 3.63) is 23.9 Å². The van der Waals surface area contributed by atoms with Crippen molar-refractivity contribution in [1.29, 1.82) is 0 Å². The number of anilines is 1. The quantitative estimate of drug-likeness (QED) is 0.898. The van der Waals surface area contributed by atoms with Crippen molar-refractivity contribution in [3.8, 4) is 0 Å². The van der Waals surface area contributed by atoms with Gasteiger partial charge in [-0.2, -0.15) is 0 Å². The molecule has 0 aliphatic carbocycles. The van der Waals surface area contributed by atoms with E-state index in [4.69, 9.17) is 0 Å². The maximum Gasteiger partial charge on any atom is 0.252 e. The SMILES string of the molecule is CCNC(=O)c1ccc(N2CCCC3(CCC(=O)N(C(C)C)C3)C2)nc1. The highest BCUT2D eigenvalue weighted by atomic mass is 16.2. The van der Waals surface area contributed by atoms with Crippen molar-refractivity contribution in [3.63, 3.8) is 0 Å². The average Bonchev–Trinajstić information content (AvgIpc) is 2.64. The third-order valence-corrected chi connectivity index (χ3v) is 5.65. The molecule has 142 valence electrons. The number of piperidine rings is 2. The predicted octanol–water partition coefficient (Wildman–Crippen LogP) is 2.45. The molecule has 2 amide bonds.